The number of nitrogens with two attached hydrogens (primary N) is 1. The zero-order chi connectivity index (χ0) is 13.1. The third-order valence-electron chi connectivity index (χ3n) is 3.97. The van der Waals surface area contributed by atoms with Crippen molar-refractivity contribution >= 4 is 5.69 Å². The minimum absolute atomic E-state index is 0.116. The van der Waals surface area contributed by atoms with Gasteiger partial charge in [0.1, 0.15) is 0 Å². The van der Waals surface area contributed by atoms with Crippen molar-refractivity contribution in [3.05, 3.63) is 29.8 Å². The van der Waals surface area contributed by atoms with Crippen LogP contribution in [0.25, 0.3) is 0 Å². The molecule has 2 atom stereocenters. The summed E-state index contributed by atoms with van der Waals surface area (Å²) in [7, 11) is 4.41. The summed E-state index contributed by atoms with van der Waals surface area (Å²) in [5.74, 6) is 0. The minimum atomic E-state index is 0.116. The maximum absolute atomic E-state index is 5.88. The Morgan fingerprint density at radius 3 is 2.56 bits per heavy atom. The van der Waals surface area contributed by atoms with Crippen molar-refractivity contribution in [1.29, 1.82) is 0 Å². The number of anilines is 1. The van der Waals surface area contributed by atoms with Crippen LogP contribution in [-0.2, 0) is 0 Å². The molecule has 1 saturated heterocycles. The second-order valence-corrected chi connectivity index (χ2v) is 5.55. The van der Waals surface area contributed by atoms with E-state index in [1.807, 2.05) is 6.92 Å². The van der Waals surface area contributed by atoms with E-state index in [0.717, 1.165) is 6.54 Å². The zero-order valence-corrected chi connectivity index (χ0v) is 11.8. The molecule has 2 rings (SSSR count). The van der Waals surface area contributed by atoms with E-state index in [9.17, 15) is 0 Å². The van der Waals surface area contributed by atoms with Crippen LogP contribution < -0.4 is 10.6 Å². The largest absolute Gasteiger partial charge is 0.370 e. The van der Waals surface area contributed by atoms with Crippen LogP contribution in [0.3, 0.4) is 0 Å². The van der Waals surface area contributed by atoms with Gasteiger partial charge in [0.15, 0.2) is 0 Å². The number of nitrogens with zero attached hydrogens (tertiary/aromatic N) is 2. The van der Waals surface area contributed by atoms with Crippen molar-refractivity contribution in [2.45, 2.75) is 31.8 Å². The first-order valence-electron chi connectivity index (χ1n) is 6.85. The summed E-state index contributed by atoms with van der Waals surface area (Å²) in [5.41, 5.74) is 8.37. The van der Waals surface area contributed by atoms with Gasteiger partial charge in [-0.05, 0) is 51.1 Å². The van der Waals surface area contributed by atoms with E-state index in [2.05, 4.69) is 48.2 Å². The van der Waals surface area contributed by atoms with Crippen molar-refractivity contribution < 1.29 is 0 Å². The fraction of sp³-hybridized carbons (Fsp3) is 0.600. The molecule has 0 amide bonds. The molecule has 1 aromatic carbocycles. The number of benzene rings is 1. The van der Waals surface area contributed by atoms with Gasteiger partial charge in [-0.2, -0.15) is 0 Å². The molecule has 0 bridgehead atoms. The number of rotatable bonds is 3. The second kappa shape index (κ2) is 5.72. The predicted octanol–water partition coefficient (Wildman–Crippen LogP) is 2.24. The topological polar surface area (TPSA) is 32.5 Å². The maximum Gasteiger partial charge on any atom is 0.0414 e. The standard InChI is InChI=1S/C15H25N3/c1-12(16)13-6-8-14(9-7-13)18(3)15-5-4-10-17(2)11-15/h6-9,12,15H,4-5,10-11,16H2,1-3H3. The van der Waals surface area contributed by atoms with E-state index < -0.39 is 0 Å². The van der Waals surface area contributed by atoms with Crippen LogP contribution in [0, 0.1) is 0 Å². The molecule has 1 aliphatic heterocycles. The second-order valence-electron chi connectivity index (χ2n) is 5.55. The SMILES string of the molecule is CC(N)c1ccc(N(C)C2CCCN(C)C2)cc1. The van der Waals surface area contributed by atoms with Gasteiger partial charge in [-0.1, -0.05) is 12.1 Å². The van der Waals surface area contributed by atoms with Gasteiger partial charge in [-0.15, -0.1) is 0 Å². The van der Waals surface area contributed by atoms with E-state index >= 15 is 0 Å². The maximum atomic E-state index is 5.88. The van der Waals surface area contributed by atoms with Crippen molar-refractivity contribution in [3.8, 4) is 0 Å². The van der Waals surface area contributed by atoms with Crippen LogP contribution in [0.1, 0.15) is 31.4 Å². The first kappa shape index (κ1) is 13.4. The molecule has 0 aliphatic carbocycles. The number of hydrogen-bond acceptors (Lipinski definition) is 3. The van der Waals surface area contributed by atoms with Crippen LogP contribution in [0.2, 0.25) is 0 Å². The van der Waals surface area contributed by atoms with Gasteiger partial charge in [0.25, 0.3) is 0 Å². The first-order valence-corrected chi connectivity index (χ1v) is 6.85. The van der Waals surface area contributed by atoms with Crippen LogP contribution in [-0.4, -0.2) is 38.1 Å². The highest BCUT2D eigenvalue weighted by Gasteiger charge is 2.21. The van der Waals surface area contributed by atoms with E-state index in [1.54, 1.807) is 0 Å². The molecule has 0 spiro atoms. The Hall–Kier alpha value is -1.06. The van der Waals surface area contributed by atoms with E-state index in [0.29, 0.717) is 6.04 Å². The summed E-state index contributed by atoms with van der Waals surface area (Å²) in [6, 6.07) is 9.40. The highest BCUT2D eigenvalue weighted by Crippen LogP contribution is 2.22. The number of piperidine rings is 1. The Morgan fingerprint density at radius 1 is 1.33 bits per heavy atom. The first-order chi connectivity index (χ1) is 8.58. The van der Waals surface area contributed by atoms with E-state index in [4.69, 9.17) is 5.73 Å². The molecule has 3 nitrogen and oxygen atoms in total. The van der Waals surface area contributed by atoms with Crippen LogP contribution in [0.5, 0.6) is 0 Å². The van der Waals surface area contributed by atoms with Gasteiger partial charge < -0.3 is 15.5 Å². The molecule has 0 aromatic heterocycles. The molecule has 18 heavy (non-hydrogen) atoms. The molecule has 3 heteroatoms. The third-order valence-corrected chi connectivity index (χ3v) is 3.97. The summed E-state index contributed by atoms with van der Waals surface area (Å²) in [5, 5.41) is 0. The summed E-state index contributed by atoms with van der Waals surface area (Å²) in [4.78, 5) is 4.82. The summed E-state index contributed by atoms with van der Waals surface area (Å²) >= 11 is 0. The van der Waals surface area contributed by atoms with Crippen LogP contribution >= 0.6 is 0 Å². The summed E-state index contributed by atoms with van der Waals surface area (Å²) in [6.45, 7) is 4.41. The molecule has 1 aliphatic rings. The quantitative estimate of drug-likeness (QED) is 0.889. The molecule has 1 heterocycles. The Balaban J connectivity index is 2.05. The Labute approximate surface area is 111 Å². The van der Waals surface area contributed by atoms with Crippen LogP contribution in [0.15, 0.2) is 24.3 Å². The Morgan fingerprint density at radius 2 is 2.00 bits per heavy atom. The lowest BCUT2D eigenvalue weighted by Gasteiger charge is -2.37. The Bertz CT molecular complexity index is 372. The van der Waals surface area contributed by atoms with Crippen molar-refractivity contribution in [2.75, 3.05) is 32.1 Å². The van der Waals surface area contributed by atoms with Gasteiger partial charge >= 0.3 is 0 Å². The molecular weight excluding hydrogens is 222 g/mol. The Kier molecular flexibility index (Phi) is 4.25. The van der Waals surface area contributed by atoms with Crippen molar-refractivity contribution in [3.63, 3.8) is 0 Å². The average molecular weight is 247 g/mol. The molecule has 100 valence electrons. The fourth-order valence-electron chi connectivity index (χ4n) is 2.68. The summed E-state index contributed by atoms with van der Waals surface area (Å²) < 4.78 is 0. The summed E-state index contributed by atoms with van der Waals surface area (Å²) in [6.07, 6.45) is 2.58. The number of likely N-dealkylation sites (N-methyl/N-ethyl adjacent to an activating group) is 2. The monoisotopic (exact) mass is 247 g/mol. The lowest BCUT2D eigenvalue weighted by Crippen LogP contribution is -2.45. The number of likely N-dealkylation sites (tertiary alicyclic amines) is 1. The molecule has 0 radical (unpaired) electrons. The van der Waals surface area contributed by atoms with Gasteiger partial charge in [-0.3, -0.25) is 0 Å². The van der Waals surface area contributed by atoms with Gasteiger partial charge in [0, 0.05) is 31.4 Å². The third kappa shape index (κ3) is 3.03. The smallest absolute Gasteiger partial charge is 0.0414 e. The van der Waals surface area contributed by atoms with Gasteiger partial charge in [0.2, 0.25) is 0 Å². The number of hydrogen-bond donors (Lipinski definition) is 1. The molecule has 1 fully saturated rings. The van der Waals surface area contributed by atoms with Crippen molar-refractivity contribution in [1.82, 2.24) is 4.90 Å². The zero-order valence-electron chi connectivity index (χ0n) is 11.8. The van der Waals surface area contributed by atoms with Gasteiger partial charge in [0.05, 0.1) is 0 Å². The fourth-order valence-corrected chi connectivity index (χ4v) is 2.68. The average Bonchev–Trinajstić information content (AvgIpc) is 2.38. The van der Waals surface area contributed by atoms with Gasteiger partial charge in [-0.25, -0.2) is 0 Å². The van der Waals surface area contributed by atoms with E-state index in [1.165, 1.54) is 30.6 Å². The minimum Gasteiger partial charge on any atom is -0.370 e. The molecule has 2 unspecified atom stereocenters. The van der Waals surface area contributed by atoms with Crippen molar-refractivity contribution in [2.24, 2.45) is 5.73 Å². The molecule has 0 saturated carbocycles. The highest BCUT2D eigenvalue weighted by atomic mass is 15.2. The van der Waals surface area contributed by atoms with E-state index in [-0.39, 0.29) is 6.04 Å². The molecular formula is C15H25N3. The lowest BCUT2D eigenvalue weighted by atomic mass is 10.0. The van der Waals surface area contributed by atoms with Crippen LogP contribution in [0.4, 0.5) is 5.69 Å². The molecule has 1 aromatic rings. The highest BCUT2D eigenvalue weighted by molar-refractivity contribution is 5.48. The molecule has 2 N–H and O–H groups in total. The predicted molar refractivity (Wildman–Crippen MR) is 78.0 cm³/mol. The lowest BCUT2D eigenvalue weighted by molar-refractivity contribution is 0.248. The normalized spacial score (nSPS) is 22.8.